The van der Waals surface area contributed by atoms with Crippen LogP contribution >= 0.6 is 0 Å². The minimum absolute atomic E-state index is 0.149. The van der Waals surface area contributed by atoms with Crippen molar-refractivity contribution in [2.24, 2.45) is 17.1 Å². The van der Waals surface area contributed by atoms with E-state index in [4.69, 9.17) is 5.73 Å². The van der Waals surface area contributed by atoms with Crippen LogP contribution in [0.25, 0.3) is 0 Å². The van der Waals surface area contributed by atoms with Gasteiger partial charge in [-0.2, -0.15) is 0 Å². The van der Waals surface area contributed by atoms with Crippen LogP contribution in [-0.2, 0) is 4.79 Å². The zero-order valence-corrected chi connectivity index (χ0v) is 10.7. The molecule has 0 bridgehead atoms. The zero-order chi connectivity index (χ0) is 12.0. The maximum absolute atomic E-state index is 12.0. The minimum Gasteiger partial charge on any atom is -0.356 e. The van der Waals surface area contributed by atoms with Crippen LogP contribution in [0.3, 0.4) is 0 Å². The highest BCUT2D eigenvalue weighted by Crippen LogP contribution is 2.33. The predicted octanol–water partition coefficient (Wildman–Crippen LogP) is 2.06. The SMILES string of the molecule is CCC(CC)(CN)C(=O)NCCCC1CC1. The average Bonchev–Trinajstić information content (AvgIpc) is 3.11. The Bertz CT molecular complexity index is 212. The van der Waals surface area contributed by atoms with Gasteiger partial charge in [0, 0.05) is 13.1 Å². The van der Waals surface area contributed by atoms with Crippen LogP contribution < -0.4 is 11.1 Å². The molecule has 16 heavy (non-hydrogen) atoms. The molecule has 3 N–H and O–H groups in total. The van der Waals surface area contributed by atoms with Gasteiger partial charge in [-0.1, -0.05) is 26.7 Å². The van der Waals surface area contributed by atoms with E-state index in [-0.39, 0.29) is 11.3 Å². The fraction of sp³-hybridized carbons (Fsp3) is 0.923. The standard InChI is InChI=1S/C13H26N2O/c1-3-13(4-2,10-14)12(16)15-9-5-6-11-7-8-11/h11H,3-10,14H2,1-2H3,(H,15,16). The Morgan fingerprint density at radius 3 is 2.44 bits per heavy atom. The fourth-order valence-corrected chi connectivity index (χ4v) is 2.14. The Labute approximate surface area is 99.2 Å². The number of hydrogen-bond donors (Lipinski definition) is 2. The van der Waals surface area contributed by atoms with Crippen molar-refractivity contribution in [3.05, 3.63) is 0 Å². The fourth-order valence-electron chi connectivity index (χ4n) is 2.14. The molecule has 1 aliphatic carbocycles. The Kier molecular flexibility index (Phi) is 5.26. The molecule has 0 heterocycles. The number of hydrogen-bond acceptors (Lipinski definition) is 2. The summed E-state index contributed by atoms with van der Waals surface area (Å²) in [5, 5.41) is 3.04. The number of amides is 1. The van der Waals surface area contributed by atoms with Crippen LogP contribution in [0.5, 0.6) is 0 Å². The first-order chi connectivity index (χ1) is 7.68. The van der Waals surface area contributed by atoms with Crippen molar-refractivity contribution < 1.29 is 4.79 Å². The number of carbonyl (C=O) groups excluding carboxylic acids is 1. The second-order valence-electron chi connectivity index (χ2n) is 5.03. The molecule has 1 amide bonds. The lowest BCUT2D eigenvalue weighted by Gasteiger charge is -2.28. The first kappa shape index (κ1) is 13.5. The predicted molar refractivity (Wildman–Crippen MR) is 67.0 cm³/mol. The normalized spacial score (nSPS) is 16.2. The highest BCUT2D eigenvalue weighted by molar-refractivity contribution is 5.82. The van der Waals surface area contributed by atoms with E-state index in [1.54, 1.807) is 0 Å². The smallest absolute Gasteiger partial charge is 0.227 e. The Balaban J connectivity index is 2.24. The van der Waals surface area contributed by atoms with Crippen LogP contribution in [0.4, 0.5) is 0 Å². The number of nitrogens with two attached hydrogens (primary N) is 1. The lowest BCUT2D eigenvalue weighted by Crippen LogP contribution is -2.45. The molecule has 0 spiro atoms. The first-order valence-corrected chi connectivity index (χ1v) is 6.67. The summed E-state index contributed by atoms with van der Waals surface area (Å²) in [4.78, 5) is 12.0. The maximum atomic E-state index is 12.0. The van der Waals surface area contributed by atoms with Gasteiger partial charge in [0.1, 0.15) is 0 Å². The third kappa shape index (κ3) is 3.48. The van der Waals surface area contributed by atoms with E-state index in [9.17, 15) is 4.79 Å². The monoisotopic (exact) mass is 226 g/mol. The summed E-state index contributed by atoms with van der Waals surface area (Å²) in [6.07, 6.45) is 6.83. The van der Waals surface area contributed by atoms with Crippen LogP contribution in [0, 0.1) is 11.3 Å². The molecular formula is C13H26N2O. The van der Waals surface area contributed by atoms with Crippen molar-refractivity contribution in [1.29, 1.82) is 0 Å². The van der Waals surface area contributed by atoms with E-state index in [1.165, 1.54) is 19.3 Å². The molecule has 1 saturated carbocycles. The quantitative estimate of drug-likeness (QED) is 0.622. The van der Waals surface area contributed by atoms with Gasteiger partial charge in [0.05, 0.1) is 5.41 Å². The molecule has 0 aromatic heterocycles. The summed E-state index contributed by atoms with van der Waals surface area (Å²) in [5.74, 6) is 1.10. The van der Waals surface area contributed by atoms with E-state index >= 15 is 0 Å². The molecule has 0 unspecified atom stereocenters. The molecule has 0 radical (unpaired) electrons. The van der Waals surface area contributed by atoms with Gasteiger partial charge < -0.3 is 11.1 Å². The van der Waals surface area contributed by atoms with Crippen molar-refractivity contribution >= 4 is 5.91 Å². The van der Waals surface area contributed by atoms with Crippen molar-refractivity contribution in [2.75, 3.05) is 13.1 Å². The summed E-state index contributed by atoms with van der Waals surface area (Å²) in [6.45, 7) is 5.35. The van der Waals surface area contributed by atoms with Crippen LogP contribution in [-0.4, -0.2) is 19.0 Å². The van der Waals surface area contributed by atoms with Gasteiger partial charge >= 0.3 is 0 Å². The number of nitrogens with one attached hydrogen (secondary N) is 1. The van der Waals surface area contributed by atoms with Gasteiger partial charge in [-0.25, -0.2) is 0 Å². The van der Waals surface area contributed by atoms with Gasteiger partial charge in [-0.3, -0.25) is 4.79 Å². The highest BCUT2D eigenvalue weighted by atomic mass is 16.2. The molecular weight excluding hydrogens is 200 g/mol. The van der Waals surface area contributed by atoms with Gasteiger partial charge in [0.2, 0.25) is 5.91 Å². The Hall–Kier alpha value is -0.570. The summed E-state index contributed by atoms with van der Waals surface area (Å²) in [7, 11) is 0. The molecule has 0 aromatic carbocycles. The number of carbonyl (C=O) groups is 1. The zero-order valence-electron chi connectivity index (χ0n) is 10.7. The molecule has 1 rings (SSSR count). The lowest BCUT2D eigenvalue weighted by molar-refractivity contribution is -0.131. The highest BCUT2D eigenvalue weighted by Gasteiger charge is 2.32. The van der Waals surface area contributed by atoms with E-state index in [0.717, 1.165) is 31.7 Å². The van der Waals surface area contributed by atoms with Gasteiger partial charge in [-0.15, -0.1) is 0 Å². The molecule has 0 saturated heterocycles. The average molecular weight is 226 g/mol. The second-order valence-corrected chi connectivity index (χ2v) is 5.03. The molecule has 0 aromatic rings. The van der Waals surface area contributed by atoms with Crippen molar-refractivity contribution in [2.45, 2.75) is 52.4 Å². The topological polar surface area (TPSA) is 55.1 Å². The van der Waals surface area contributed by atoms with E-state index in [1.807, 2.05) is 13.8 Å². The molecule has 3 nitrogen and oxygen atoms in total. The maximum Gasteiger partial charge on any atom is 0.227 e. The first-order valence-electron chi connectivity index (χ1n) is 6.67. The molecule has 3 heteroatoms. The molecule has 1 fully saturated rings. The van der Waals surface area contributed by atoms with Gasteiger partial charge in [-0.05, 0) is 31.6 Å². The molecule has 0 atom stereocenters. The van der Waals surface area contributed by atoms with Crippen molar-refractivity contribution in [1.82, 2.24) is 5.32 Å². The summed E-state index contributed by atoms with van der Waals surface area (Å²) < 4.78 is 0. The number of rotatable bonds is 8. The van der Waals surface area contributed by atoms with Crippen molar-refractivity contribution in [3.63, 3.8) is 0 Å². The lowest BCUT2D eigenvalue weighted by atomic mass is 9.81. The molecule has 94 valence electrons. The van der Waals surface area contributed by atoms with Gasteiger partial charge in [0.15, 0.2) is 0 Å². The van der Waals surface area contributed by atoms with E-state index in [0.29, 0.717) is 6.54 Å². The van der Waals surface area contributed by atoms with E-state index < -0.39 is 0 Å². The summed E-state index contributed by atoms with van der Waals surface area (Å²) in [5.41, 5.74) is 5.40. The van der Waals surface area contributed by atoms with Crippen LogP contribution in [0.2, 0.25) is 0 Å². The molecule has 0 aliphatic heterocycles. The molecule has 1 aliphatic rings. The minimum atomic E-state index is -0.334. The summed E-state index contributed by atoms with van der Waals surface area (Å²) in [6, 6.07) is 0. The summed E-state index contributed by atoms with van der Waals surface area (Å²) >= 11 is 0. The second kappa shape index (κ2) is 6.24. The van der Waals surface area contributed by atoms with Gasteiger partial charge in [0.25, 0.3) is 0 Å². The van der Waals surface area contributed by atoms with Crippen LogP contribution in [0.15, 0.2) is 0 Å². The third-order valence-corrected chi connectivity index (χ3v) is 4.00. The van der Waals surface area contributed by atoms with E-state index in [2.05, 4.69) is 5.32 Å². The third-order valence-electron chi connectivity index (χ3n) is 4.00. The van der Waals surface area contributed by atoms with Crippen LogP contribution in [0.1, 0.15) is 52.4 Å². The Morgan fingerprint density at radius 1 is 1.38 bits per heavy atom. The van der Waals surface area contributed by atoms with Crippen molar-refractivity contribution in [3.8, 4) is 0 Å². The Morgan fingerprint density at radius 2 is 2.00 bits per heavy atom. The largest absolute Gasteiger partial charge is 0.356 e.